The lowest BCUT2D eigenvalue weighted by Gasteiger charge is -2.19. The van der Waals surface area contributed by atoms with Gasteiger partial charge in [0.15, 0.2) is 0 Å². The van der Waals surface area contributed by atoms with Crippen molar-refractivity contribution in [2.45, 2.75) is 87.3 Å². The number of anilines is 2. The third-order valence-corrected chi connectivity index (χ3v) is 21.0. The summed E-state index contributed by atoms with van der Waals surface area (Å²) < 4.78 is 98.9. The summed E-state index contributed by atoms with van der Waals surface area (Å²) in [7, 11) is -9.21. The molecule has 0 spiro atoms. The molecular weight excluding hydrogens is 1280 g/mol. The van der Waals surface area contributed by atoms with E-state index in [1.54, 1.807) is 83.7 Å². The van der Waals surface area contributed by atoms with Crippen LogP contribution in [0.5, 0.6) is 0 Å². The second-order valence-electron chi connectivity index (χ2n) is 19.1. The third kappa shape index (κ3) is 22.3. The van der Waals surface area contributed by atoms with Gasteiger partial charge >= 0.3 is 0 Å². The van der Waals surface area contributed by atoms with E-state index in [9.17, 15) is 63.5 Å². The maximum Gasteiger partial charge on any atom is 0.269 e. The van der Waals surface area contributed by atoms with Gasteiger partial charge in [-0.15, -0.1) is 0 Å². The van der Waals surface area contributed by atoms with E-state index in [4.69, 9.17) is 16.4 Å². The Labute approximate surface area is 543 Å². The number of sulfonamides is 3. The number of nitrogen functional groups attached to an aromatic ring is 1. The Bertz CT molecular complexity index is 3990. The normalized spacial score (nSPS) is 11.9. The number of benzene rings is 6. The largest absolute Gasteiger partial charge is 0.399 e. The smallest absolute Gasteiger partial charge is 0.269 e. The number of nitrogens with zero attached hydrogens (tertiary/aromatic N) is 7. The Morgan fingerprint density at radius 2 is 0.739 bits per heavy atom. The lowest BCUT2D eigenvalue weighted by Crippen LogP contribution is -2.30. The summed E-state index contributed by atoms with van der Waals surface area (Å²) >= 11 is 0. The molecule has 2 atom stereocenters. The van der Waals surface area contributed by atoms with Crippen LogP contribution < -0.4 is 11.1 Å². The Kier molecular flexibility index (Phi) is 31.2. The molecular formula is C64H76ClN9O14S4. The van der Waals surface area contributed by atoms with Gasteiger partial charge < -0.3 is 11.1 Å². The minimum Gasteiger partial charge on any atom is -0.399 e. The van der Waals surface area contributed by atoms with Gasteiger partial charge in [-0.05, 0) is 126 Å². The number of nitro benzene ring substituents is 2. The first-order valence-corrected chi connectivity index (χ1v) is 34.9. The number of aromatic nitrogens is 2. The van der Waals surface area contributed by atoms with Crippen molar-refractivity contribution in [1.29, 1.82) is 0 Å². The lowest BCUT2D eigenvalue weighted by atomic mass is 9.89. The zero-order chi connectivity index (χ0) is 67.5. The van der Waals surface area contributed by atoms with E-state index in [-0.39, 0.29) is 51.1 Å². The SMILES string of the molecule is C.CC(=O)C(c1ccccc1)c1ccncc1.CCN(CC)S(=O)(=O)c1ccc(N)cc1.CCN(CC)S(=O)(=O)c1ccc(NC(=O)C(c2ccccc2)c2ccncc2)cc1.CCN(CC)S(=O)(=O)c1ccc([N+](=O)[O-])cc1.O=[N+]([O-])c1ccc(S(=O)(=O)Cl)cc1. The second kappa shape index (κ2) is 37.0. The van der Waals surface area contributed by atoms with E-state index in [1.165, 1.54) is 61.4 Å². The van der Waals surface area contributed by atoms with Gasteiger partial charge in [0, 0.05) is 110 Å². The molecule has 492 valence electrons. The van der Waals surface area contributed by atoms with Crippen molar-refractivity contribution in [1.82, 2.24) is 22.9 Å². The maximum atomic E-state index is 13.1. The van der Waals surface area contributed by atoms with Crippen LogP contribution in [-0.2, 0) is 48.7 Å². The quantitative estimate of drug-likeness (QED) is 0.0275. The molecule has 8 aromatic rings. The number of ketones is 1. The molecule has 6 aromatic carbocycles. The highest BCUT2D eigenvalue weighted by molar-refractivity contribution is 8.13. The molecule has 0 saturated carbocycles. The van der Waals surface area contributed by atoms with Crippen molar-refractivity contribution in [2.75, 3.05) is 50.3 Å². The van der Waals surface area contributed by atoms with Gasteiger partial charge in [-0.3, -0.25) is 39.8 Å². The van der Waals surface area contributed by atoms with E-state index in [1.807, 2.05) is 98.8 Å². The van der Waals surface area contributed by atoms with Crippen LogP contribution in [0.25, 0.3) is 0 Å². The Balaban J connectivity index is 0.000000312. The average molecular weight is 1360 g/mol. The van der Waals surface area contributed by atoms with Gasteiger partial charge in [-0.2, -0.15) is 12.9 Å². The number of halogens is 1. The van der Waals surface area contributed by atoms with Gasteiger partial charge in [0.25, 0.3) is 20.4 Å². The van der Waals surface area contributed by atoms with Crippen molar-refractivity contribution in [3.63, 3.8) is 0 Å². The first-order valence-electron chi connectivity index (χ1n) is 28.2. The van der Waals surface area contributed by atoms with Crippen LogP contribution in [-0.4, -0.2) is 117 Å². The van der Waals surface area contributed by atoms with E-state index < -0.39 is 54.9 Å². The van der Waals surface area contributed by atoms with Crippen molar-refractivity contribution >= 4 is 84.2 Å². The summed E-state index contributed by atoms with van der Waals surface area (Å²) in [5.74, 6) is -0.735. The number of rotatable bonds is 22. The van der Waals surface area contributed by atoms with Crippen LogP contribution in [0.1, 0.15) is 90.0 Å². The van der Waals surface area contributed by atoms with Crippen LogP contribution in [0.3, 0.4) is 0 Å². The lowest BCUT2D eigenvalue weighted by molar-refractivity contribution is -0.385. The van der Waals surface area contributed by atoms with Crippen LogP contribution in [0.2, 0.25) is 0 Å². The topological polar surface area (TPSA) is 331 Å². The fourth-order valence-electron chi connectivity index (χ4n) is 8.73. The van der Waals surface area contributed by atoms with Crippen LogP contribution in [0.4, 0.5) is 22.7 Å². The Hall–Kier alpha value is -8.67. The summed E-state index contributed by atoms with van der Waals surface area (Å²) in [6, 6.07) is 48.5. The summed E-state index contributed by atoms with van der Waals surface area (Å²) in [5, 5.41) is 23.5. The summed E-state index contributed by atoms with van der Waals surface area (Å²) in [6.07, 6.45) is 6.75. The van der Waals surface area contributed by atoms with Gasteiger partial charge in [-0.25, -0.2) is 33.7 Å². The first kappa shape index (κ1) is 77.6. The van der Waals surface area contributed by atoms with E-state index in [0.29, 0.717) is 55.5 Å². The maximum absolute atomic E-state index is 13.1. The Morgan fingerprint density at radius 1 is 0.457 bits per heavy atom. The molecule has 0 radical (unpaired) electrons. The zero-order valence-electron chi connectivity index (χ0n) is 51.0. The number of non-ortho nitro benzene ring substituents is 2. The van der Waals surface area contributed by atoms with Crippen molar-refractivity contribution in [3.8, 4) is 0 Å². The minimum atomic E-state index is -3.80. The minimum absolute atomic E-state index is 0. The predicted molar refractivity (Wildman–Crippen MR) is 358 cm³/mol. The monoisotopic (exact) mass is 1360 g/mol. The number of nitrogens with one attached hydrogen (secondary N) is 1. The fraction of sp³-hybridized carbons (Fsp3) is 0.250. The molecule has 3 N–H and O–H groups in total. The van der Waals surface area contributed by atoms with E-state index in [2.05, 4.69) is 15.3 Å². The van der Waals surface area contributed by atoms with Crippen molar-refractivity contribution < 1.29 is 53.1 Å². The number of Topliss-reactive ketones (excluding diaryl/α,β-unsaturated/α-hetero) is 1. The Morgan fingerprint density at radius 3 is 1.04 bits per heavy atom. The van der Waals surface area contributed by atoms with E-state index >= 15 is 0 Å². The molecule has 0 saturated heterocycles. The molecule has 0 aliphatic carbocycles. The molecule has 23 nitrogen and oxygen atoms in total. The number of nitro groups is 2. The molecule has 8 rings (SSSR count). The zero-order valence-corrected chi connectivity index (χ0v) is 55.0. The van der Waals surface area contributed by atoms with Gasteiger partial charge in [0.2, 0.25) is 36.0 Å². The average Bonchev–Trinajstić information content (AvgIpc) is 0.899. The molecule has 2 heterocycles. The first-order chi connectivity index (χ1) is 43.1. The standard InChI is InChI=1S/C23H25N3O3S.C14H13NO.C10H14N2O4S.C10H16N2O2S.C6H4ClNO4S.CH4/c1-3-26(4-2)30(28,29)21-12-10-20(11-13-21)25-23(27)22(18-8-6-5-7-9-18)19-14-16-24-17-15-19;1-11(16)14(12-5-3-2-4-6-12)13-7-9-15-10-8-13;1-3-11(4-2)17(15,16)10-7-5-9(6-8-10)12(13)14;1-3-12(4-2)15(13,14)10-7-5-9(11)6-8-10;7-13(11,12)6-3-1-5(2-4-6)8(9)10;/h5-17,22H,3-4H2,1-2H3,(H,25,27);2-10,14H,1H3;5-8H,3-4H2,1-2H3;5-8H,3-4,11H2,1-2H3;1-4H;1H4. The summed E-state index contributed by atoms with van der Waals surface area (Å²) in [4.78, 5) is 52.7. The van der Waals surface area contributed by atoms with Crippen LogP contribution in [0, 0.1) is 20.2 Å². The summed E-state index contributed by atoms with van der Waals surface area (Å²) in [6.45, 7) is 14.9. The molecule has 0 bridgehead atoms. The number of carbonyl (C=O) groups is 2. The molecule has 0 aliphatic rings. The van der Waals surface area contributed by atoms with Crippen molar-refractivity contribution in [3.05, 3.63) is 249 Å². The third-order valence-electron chi connectivity index (χ3n) is 13.4. The highest BCUT2D eigenvalue weighted by atomic mass is 35.7. The predicted octanol–water partition coefficient (Wildman–Crippen LogP) is 11.8. The second-order valence-corrected chi connectivity index (χ2v) is 27.5. The molecule has 92 heavy (non-hydrogen) atoms. The molecule has 1 amide bonds. The molecule has 2 unspecified atom stereocenters. The highest BCUT2D eigenvalue weighted by Gasteiger charge is 2.26. The molecule has 28 heteroatoms. The van der Waals surface area contributed by atoms with Crippen LogP contribution >= 0.6 is 10.7 Å². The van der Waals surface area contributed by atoms with E-state index in [0.717, 1.165) is 46.5 Å². The van der Waals surface area contributed by atoms with Crippen LogP contribution in [0.15, 0.2) is 226 Å². The molecule has 2 aromatic heterocycles. The number of hydrogen-bond donors (Lipinski definition) is 2. The van der Waals surface area contributed by atoms with Gasteiger partial charge in [0.05, 0.1) is 41.3 Å². The molecule has 0 fully saturated rings. The number of nitrogens with two attached hydrogens (primary N) is 1. The van der Waals surface area contributed by atoms with Crippen molar-refractivity contribution in [2.24, 2.45) is 0 Å². The summed E-state index contributed by atoms with van der Waals surface area (Å²) in [5.41, 5.74) is 10.0. The number of carbonyl (C=O) groups excluding carboxylic acids is 2. The number of pyridine rings is 2. The number of hydrogen-bond acceptors (Lipinski definition) is 17. The molecule has 0 aliphatic heterocycles. The number of amides is 1. The van der Waals surface area contributed by atoms with Gasteiger partial charge in [-0.1, -0.05) is 110 Å². The fourth-order valence-corrected chi connectivity index (χ4v) is 13.9. The highest BCUT2D eigenvalue weighted by Crippen LogP contribution is 2.28. The van der Waals surface area contributed by atoms with Gasteiger partial charge in [0.1, 0.15) is 5.78 Å².